The summed E-state index contributed by atoms with van der Waals surface area (Å²) in [6, 6.07) is 4.18. The summed E-state index contributed by atoms with van der Waals surface area (Å²) in [7, 11) is 0. The second-order valence-electron chi connectivity index (χ2n) is 4.55. The van der Waals surface area contributed by atoms with Crippen molar-refractivity contribution in [2.45, 2.75) is 26.8 Å². The number of aromatic nitrogens is 2. The molecule has 1 aromatic heterocycles. The second-order valence-corrected chi connectivity index (χ2v) is 5.40. The third-order valence-corrected chi connectivity index (χ3v) is 4.13. The van der Waals surface area contributed by atoms with Gasteiger partial charge < -0.3 is 9.30 Å². The summed E-state index contributed by atoms with van der Waals surface area (Å²) in [4.78, 5) is 4.70. The van der Waals surface area contributed by atoms with Crippen LogP contribution in [0.25, 0.3) is 11.4 Å². The van der Waals surface area contributed by atoms with E-state index in [0.29, 0.717) is 6.61 Å². The molecule has 18 heavy (non-hydrogen) atoms. The number of fused-ring (bicyclic) bond motifs is 3. The van der Waals surface area contributed by atoms with Gasteiger partial charge >= 0.3 is 0 Å². The Morgan fingerprint density at radius 1 is 1.44 bits per heavy atom. The molecule has 0 spiro atoms. The highest BCUT2D eigenvalue weighted by Crippen LogP contribution is 2.36. The summed E-state index contributed by atoms with van der Waals surface area (Å²) in [5.41, 5.74) is 3.39. The van der Waals surface area contributed by atoms with Gasteiger partial charge in [-0.05, 0) is 31.0 Å². The molecule has 0 N–H and O–H groups in total. The van der Waals surface area contributed by atoms with Gasteiger partial charge in [0.15, 0.2) is 0 Å². The molecule has 1 aliphatic heterocycles. The molecule has 0 atom stereocenters. The van der Waals surface area contributed by atoms with Crippen molar-refractivity contribution in [2.24, 2.45) is 0 Å². The summed E-state index contributed by atoms with van der Waals surface area (Å²) in [5, 5.41) is 0. The summed E-state index contributed by atoms with van der Waals surface area (Å²) in [6.45, 7) is 5.75. The predicted octanol–water partition coefficient (Wildman–Crippen LogP) is 3.58. The van der Waals surface area contributed by atoms with Gasteiger partial charge in [0.2, 0.25) is 0 Å². The monoisotopic (exact) mass is 306 g/mol. The Kier molecular flexibility index (Phi) is 2.90. The van der Waals surface area contributed by atoms with Crippen molar-refractivity contribution < 1.29 is 4.74 Å². The summed E-state index contributed by atoms with van der Waals surface area (Å²) in [6.07, 6.45) is 3.09. The number of aryl methyl sites for hydroxylation is 2. The SMILES string of the molecule is CCc1cn2c(n1)-c1cc(Br)c(C)cc1OCC2. The maximum Gasteiger partial charge on any atom is 0.144 e. The Hall–Kier alpha value is -1.29. The van der Waals surface area contributed by atoms with Crippen LogP contribution >= 0.6 is 15.9 Å². The van der Waals surface area contributed by atoms with Crippen LogP contribution in [0.15, 0.2) is 22.8 Å². The first-order valence-corrected chi connectivity index (χ1v) is 6.97. The highest BCUT2D eigenvalue weighted by Gasteiger charge is 2.19. The lowest BCUT2D eigenvalue weighted by molar-refractivity contribution is 0.306. The average Bonchev–Trinajstić information content (AvgIpc) is 2.70. The zero-order valence-corrected chi connectivity index (χ0v) is 12.1. The van der Waals surface area contributed by atoms with E-state index in [1.165, 1.54) is 5.56 Å². The molecule has 3 rings (SSSR count). The molecule has 0 saturated carbocycles. The summed E-state index contributed by atoms with van der Waals surface area (Å²) >= 11 is 3.58. The molecule has 94 valence electrons. The summed E-state index contributed by atoms with van der Waals surface area (Å²) in [5.74, 6) is 1.95. The molecule has 0 unspecified atom stereocenters. The molecule has 0 amide bonds. The van der Waals surface area contributed by atoms with Crippen LogP contribution in [0.5, 0.6) is 5.75 Å². The largest absolute Gasteiger partial charge is 0.491 e. The molecule has 4 heteroatoms. The quantitative estimate of drug-likeness (QED) is 0.805. The van der Waals surface area contributed by atoms with Gasteiger partial charge in [-0.2, -0.15) is 0 Å². The van der Waals surface area contributed by atoms with Crippen LogP contribution in [0.4, 0.5) is 0 Å². The highest BCUT2D eigenvalue weighted by molar-refractivity contribution is 9.10. The van der Waals surface area contributed by atoms with Crippen LogP contribution < -0.4 is 4.74 Å². The van der Waals surface area contributed by atoms with E-state index in [1.807, 2.05) is 0 Å². The average molecular weight is 307 g/mol. The van der Waals surface area contributed by atoms with Gasteiger partial charge in [0.05, 0.1) is 17.8 Å². The lowest BCUT2D eigenvalue weighted by Gasteiger charge is -2.08. The van der Waals surface area contributed by atoms with E-state index in [-0.39, 0.29) is 0 Å². The minimum atomic E-state index is 0.695. The zero-order valence-electron chi connectivity index (χ0n) is 10.5. The van der Waals surface area contributed by atoms with E-state index in [9.17, 15) is 0 Å². The van der Waals surface area contributed by atoms with Crippen LogP contribution in [0.2, 0.25) is 0 Å². The standard InChI is InChI=1S/C14H15BrN2O/c1-3-10-8-17-4-5-18-13-6-9(2)12(15)7-11(13)14(17)16-10/h6-8H,3-5H2,1-2H3. The lowest BCUT2D eigenvalue weighted by atomic mass is 10.1. The van der Waals surface area contributed by atoms with Gasteiger partial charge in [-0.15, -0.1) is 0 Å². The molecule has 0 saturated heterocycles. The Morgan fingerprint density at radius 3 is 3.06 bits per heavy atom. The Labute approximate surface area is 115 Å². The number of rotatable bonds is 1. The molecule has 0 aliphatic carbocycles. The molecule has 2 aromatic rings. The maximum atomic E-state index is 5.82. The molecule has 0 radical (unpaired) electrons. The third-order valence-electron chi connectivity index (χ3n) is 3.28. The fourth-order valence-electron chi connectivity index (χ4n) is 2.23. The second kappa shape index (κ2) is 4.43. The lowest BCUT2D eigenvalue weighted by Crippen LogP contribution is -2.04. The normalized spacial score (nSPS) is 13.5. The first-order chi connectivity index (χ1) is 8.69. The number of halogens is 1. The fourth-order valence-corrected chi connectivity index (χ4v) is 2.57. The zero-order chi connectivity index (χ0) is 12.7. The minimum absolute atomic E-state index is 0.695. The Morgan fingerprint density at radius 2 is 2.28 bits per heavy atom. The van der Waals surface area contributed by atoms with Crippen molar-refractivity contribution in [1.29, 1.82) is 0 Å². The van der Waals surface area contributed by atoms with Crippen LogP contribution in [-0.4, -0.2) is 16.2 Å². The number of imidazole rings is 1. The smallest absolute Gasteiger partial charge is 0.144 e. The van der Waals surface area contributed by atoms with E-state index in [1.54, 1.807) is 0 Å². The van der Waals surface area contributed by atoms with Gasteiger partial charge in [0.25, 0.3) is 0 Å². The van der Waals surface area contributed by atoms with E-state index in [0.717, 1.165) is 40.3 Å². The molecular weight excluding hydrogens is 292 g/mol. The number of benzene rings is 1. The fraction of sp³-hybridized carbons (Fsp3) is 0.357. The van der Waals surface area contributed by atoms with Gasteiger partial charge in [0, 0.05) is 10.7 Å². The Bertz CT molecular complexity index is 604. The number of ether oxygens (including phenoxy) is 1. The third kappa shape index (κ3) is 1.85. The molecular formula is C14H15BrN2O. The molecule has 1 aliphatic rings. The van der Waals surface area contributed by atoms with E-state index < -0.39 is 0 Å². The van der Waals surface area contributed by atoms with Crippen molar-refractivity contribution in [1.82, 2.24) is 9.55 Å². The molecule has 1 aromatic carbocycles. The van der Waals surface area contributed by atoms with Gasteiger partial charge in [0.1, 0.15) is 18.2 Å². The molecule has 2 heterocycles. The topological polar surface area (TPSA) is 27.1 Å². The van der Waals surface area contributed by atoms with Crippen LogP contribution in [0, 0.1) is 6.92 Å². The van der Waals surface area contributed by atoms with Crippen molar-refractivity contribution in [2.75, 3.05) is 6.61 Å². The van der Waals surface area contributed by atoms with E-state index in [4.69, 9.17) is 9.72 Å². The van der Waals surface area contributed by atoms with Crippen LogP contribution in [0.1, 0.15) is 18.2 Å². The highest BCUT2D eigenvalue weighted by atomic mass is 79.9. The summed E-state index contributed by atoms with van der Waals surface area (Å²) < 4.78 is 9.10. The first-order valence-electron chi connectivity index (χ1n) is 6.18. The van der Waals surface area contributed by atoms with Crippen molar-refractivity contribution in [3.05, 3.63) is 34.1 Å². The van der Waals surface area contributed by atoms with Crippen LogP contribution in [0.3, 0.4) is 0 Å². The van der Waals surface area contributed by atoms with Gasteiger partial charge in [-0.1, -0.05) is 22.9 Å². The minimum Gasteiger partial charge on any atom is -0.491 e. The van der Waals surface area contributed by atoms with Gasteiger partial charge in [-0.3, -0.25) is 0 Å². The van der Waals surface area contributed by atoms with Crippen molar-refractivity contribution in [3.63, 3.8) is 0 Å². The van der Waals surface area contributed by atoms with Crippen LogP contribution in [-0.2, 0) is 13.0 Å². The number of nitrogens with zero attached hydrogens (tertiary/aromatic N) is 2. The molecule has 0 bridgehead atoms. The molecule has 0 fully saturated rings. The Balaban J connectivity index is 2.22. The van der Waals surface area contributed by atoms with Gasteiger partial charge in [-0.25, -0.2) is 4.98 Å². The first kappa shape index (κ1) is 11.8. The predicted molar refractivity (Wildman–Crippen MR) is 75.0 cm³/mol. The van der Waals surface area contributed by atoms with Crippen molar-refractivity contribution >= 4 is 15.9 Å². The van der Waals surface area contributed by atoms with E-state index in [2.05, 4.69) is 52.7 Å². The number of hydrogen-bond donors (Lipinski definition) is 0. The maximum absolute atomic E-state index is 5.82. The molecule has 3 nitrogen and oxygen atoms in total. The van der Waals surface area contributed by atoms with Crippen molar-refractivity contribution in [3.8, 4) is 17.1 Å². The van der Waals surface area contributed by atoms with E-state index >= 15 is 0 Å². The number of hydrogen-bond acceptors (Lipinski definition) is 2.